The third-order valence-electron chi connectivity index (χ3n) is 5.28. The monoisotopic (exact) mass is 318 g/mol. The zero-order chi connectivity index (χ0) is 15.8. The number of rotatable bonds is 5. The quantitative estimate of drug-likeness (QED) is 0.906. The minimum absolute atomic E-state index is 0.0529. The molecule has 2 atom stereocenters. The molecule has 2 aliphatic carbocycles. The van der Waals surface area contributed by atoms with Gasteiger partial charge in [0.05, 0.1) is 6.54 Å². The van der Waals surface area contributed by atoms with E-state index in [1.165, 1.54) is 6.42 Å². The van der Waals surface area contributed by atoms with E-state index < -0.39 is 0 Å². The lowest BCUT2D eigenvalue weighted by molar-refractivity contribution is 0.0775. The SMILES string of the molecule is CC1CC1c1ccc(CN(C(=O)NC2CCOCC2)C2CC2)o1. The lowest BCUT2D eigenvalue weighted by atomic mass is 10.1. The standard InChI is InChI=1S/C18H26N2O3/c1-12-10-16(12)17-5-4-15(23-17)11-20(14-2-3-14)18(21)19-13-6-8-22-9-7-13/h4-5,12-14,16H,2-3,6-11H2,1H3,(H,19,21). The number of carbonyl (C=O) groups is 1. The van der Waals surface area contributed by atoms with Crippen LogP contribution in [0.2, 0.25) is 0 Å². The van der Waals surface area contributed by atoms with E-state index in [0.29, 0.717) is 18.5 Å². The van der Waals surface area contributed by atoms with Crippen molar-refractivity contribution in [3.8, 4) is 0 Å². The normalized spacial score (nSPS) is 27.7. The van der Waals surface area contributed by atoms with Crippen molar-refractivity contribution < 1.29 is 13.9 Å². The summed E-state index contributed by atoms with van der Waals surface area (Å²) >= 11 is 0. The summed E-state index contributed by atoms with van der Waals surface area (Å²) in [4.78, 5) is 14.6. The fraction of sp³-hybridized carbons (Fsp3) is 0.722. The van der Waals surface area contributed by atoms with Crippen LogP contribution in [0.25, 0.3) is 0 Å². The highest BCUT2D eigenvalue weighted by molar-refractivity contribution is 5.75. The molecule has 23 heavy (non-hydrogen) atoms. The average molecular weight is 318 g/mol. The van der Waals surface area contributed by atoms with Crippen LogP contribution in [0.15, 0.2) is 16.5 Å². The molecule has 3 aliphatic rings. The summed E-state index contributed by atoms with van der Waals surface area (Å²) in [5.41, 5.74) is 0. The summed E-state index contributed by atoms with van der Waals surface area (Å²) in [7, 11) is 0. The maximum absolute atomic E-state index is 12.6. The molecule has 0 spiro atoms. The van der Waals surface area contributed by atoms with Gasteiger partial charge >= 0.3 is 6.03 Å². The van der Waals surface area contributed by atoms with Crippen LogP contribution >= 0.6 is 0 Å². The molecule has 5 heteroatoms. The van der Waals surface area contributed by atoms with E-state index in [1.54, 1.807) is 0 Å². The van der Waals surface area contributed by atoms with Crippen LogP contribution in [0.4, 0.5) is 4.79 Å². The molecular weight excluding hydrogens is 292 g/mol. The van der Waals surface area contributed by atoms with Gasteiger partial charge in [-0.2, -0.15) is 0 Å². The Morgan fingerprint density at radius 2 is 2.00 bits per heavy atom. The van der Waals surface area contributed by atoms with Gasteiger partial charge in [-0.15, -0.1) is 0 Å². The molecule has 0 aromatic carbocycles. The summed E-state index contributed by atoms with van der Waals surface area (Å²) < 4.78 is 11.3. The van der Waals surface area contributed by atoms with Gasteiger partial charge in [0.1, 0.15) is 11.5 Å². The Labute approximate surface area is 137 Å². The van der Waals surface area contributed by atoms with E-state index in [1.807, 2.05) is 11.0 Å². The van der Waals surface area contributed by atoms with Gasteiger partial charge in [0.25, 0.3) is 0 Å². The predicted molar refractivity (Wildman–Crippen MR) is 86.2 cm³/mol. The highest BCUT2D eigenvalue weighted by Crippen LogP contribution is 2.47. The number of carbonyl (C=O) groups excluding carboxylic acids is 1. The molecular formula is C18H26N2O3. The van der Waals surface area contributed by atoms with Crippen LogP contribution in [0.1, 0.15) is 56.5 Å². The van der Waals surface area contributed by atoms with Gasteiger partial charge in [-0.3, -0.25) is 0 Å². The van der Waals surface area contributed by atoms with Crippen LogP contribution in [-0.2, 0) is 11.3 Å². The Bertz CT molecular complexity index is 560. The van der Waals surface area contributed by atoms with Crippen LogP contribution < -0.4 is 5.32 Å². The van der Waals surface area contributed by atoms with Gasteiger partial charge in [-0.25, -0.2) is 4.79 Å². The second kappa shape index (κ2) is 6.19. The first-order valence-corrected chi connectivity index (χ1v) is 8.94. The Morgan fingerprint density at radius 3 is 2.65 bits per heavy atom. The van der Waals surface area contributed by atoms with Gasteiger partial charge in [-0.1, -0.05) is 6.92 Å². The fourth-order valence-electron chi connectivity index (χ4n) is 3.42. The minimum atomic E-state index is 0.0529. The molecule has 2 heterocycles. The molecule has 1 saturated heterocycles. The molecule has 1 N–H and O–H groups in total. The third-order valence-corrected chi connectivity index (χ3v) is 5.28. The van der Waals surface area contributed by atoms with Crippen LogP contribution in [-0.4, -0.2) is 36.2 Å². The van der Waals surface area contributed by atoms with Gasteiger partial charge in [0.2, 0.25) is 0 Å². The smallest absolute Gasteiger partial charge is 0.318 e. The Morgan fingerprint density at radius 1 is 1.26 bits per heavy atom. The molecule has 2 unspecified atom stereocenters. The Kier molecular flexibility index (Phi) is 4.05. The van der Waals surface area contributed by atoms with Crippen molar-refractivity contribution in [3.63, 3.8) is 0 Å². The van der Waals surface area contributed by atoms with Gasteiger partial charge < -0.3 is 19.4 Å². The largest absolute Gasteiger partial charge is 0.464 e. The Balaban J connectivity index is 1.37. The number of hydrogen-bond acceptors (Lipinski definition) is 3. The molecule has 1 aliphatic heterocycles. The van der Waals surface area contributed by atoms with E-state index in [-0.39, 0.29) is 12.1 Å². The second-order valence-corrected chi connectivity index (χ2v) is 7.32. The van der Waals surface area contributed by atoms with E-state index in [4.69, 9.17) is 9.15 Å². The highest BCUT2D eigenvalue weighted by atomic mass is 16.5. The number of ether oxygens (including phenoxy) is 1. The van der Waals surface area contributed by atoms with Crippen molar-refractivity contribution in [3.05, 3.63) is 23.7 Å². The highest BCUT2D eigenvalue weighted by Gasteiger charge is 2.38. The first-order valence-electron chi connectivity index (χ1n) is 8.94. The van der Waals surface area contributed by atoms with Gasteiger partial charge in [0, 0.05) is 31.2 Å². The van der Waals surface area contributed by atoms with Crippen molar-refractivity contribution in [1.29, 1.82) is 0 Å². The second-order valence-electron chi connectivity index (χ2n) is 7.32. The average Bonchev–Trinajstić information content (AvgIpc) is 3.47. The van der Waals surface area contributed by atoms with Gasteiger partial charge in [0.15, 0.2) is 0 Å². The van der Waals surface area contributed by atoms with Gasteiger partial charge in [-0.05, 0) is 50.2 Å². The lowest BCUT2D eigenvalue weighted by Gasteiger charge is -2.28. The zero-order valence-corrected chi connectivity index (χ0v) is 13.8. The van der Waals surface area contributed by atoms with Crippen LogP contribution in [0, 0.1) is 5.92 Å². The zero-order valence-electron chi connectivity index (χ0n) is 13.8. The number of nitrogens with zero attached hydrogens (tertiary/aromatic N) is 1. The number of amides is 2. The first kappa shape index (κ1) is 15.1. The van der Waals surface area contributed by atoms with Crippen LogP contribution in [0.3, 0.4) is 0 Å². The number of urea groups is 1. The molecule has 2 amide bonds. The van der Waals surface area contributed by atoms with E-state index in [2.05, 4.69) is 18.3 Å². The molecule has 4 rings (SSSR count). The summed E-state index contributed by atoms with van der Waals surface area (Å²) in [5.74, 6) is 3.33. The molecule has 126 valence electrons. The molecule has 5 nitrogen and oxygen atoms in total. The van der Waals surface area contributed by atoms with Crippen molar-refractivity contribution in [2.75, 3.05) is 13.2 Å². The topological polar surface area (TPSA) is 54.7 Å². The molecule has 1 aromatic rings. The lowest BCUT2D eigenvalue weighted by Crippen LogP contribution is -2.47. The van der Waals surface area contributed by atoms with E-state index in [0.717, 1.165) is 56.3 Å². The predicted octanol–water partition coefficient (Wildman–Crippen LogP) is 3.26. The number of nitrogens with one attached hydrogen (secondary N) is 1. The summed E-state index contributed by atoms with van der Waals surface area (Å²) in [6, 6.07) is 4.81. The first-order chi connectivity index (χ1) is 11.2. The maximum Gasteiger partial charge on any atom is 0.318 e. The molecule has 0 bridgehead atoms. The van der Waals surface area contributed by atoms with Crippen molar-refractivity contribution in [2.45, 2.75) is 63.6 Å². The molecule has 1 aromatic heterocycles. The molecule has 0 radical (unpaired) electrons. The summed E-state index contributed by atoms with van der Waals surface area (Å²) in [5, 5.41) is 3.17. The van der Waals surface area contributed by atoms with E-state index in [9.17, 15) is 4.79 Å². The van der Waals surface area contributed by atoms with Crippen LogP contribution in [0.5, 0.6) is 0 Å². The van der Waals surface area contributed by atoms with Crippen molar-refractivity contribution in [2.24, 2.45) is 5.92 Å². The Hall–Kier alpha value is -1.49. The molecule has 2 saturated carbocycles. The fourth-order valence-corrected chi connectivity index (χ4v) is 3.42. The number of hydrogen-bond donors (Lipinski definition) is 1. The third kappa shape index (κ3) is 3.55. The summed E-state index contributed by atoms with van der Waals surface area (Å²) in [6.07, 6.45) is 5.26. The van der Waals surface area contributed by atoms with Crippen molar-refractivity contribution >= 4 is 6.03 Å². The minimum Gasteiger partial charge on any atom is -0.464 e. The summed E-state index contributed by atoms with van der Waals surface area (Å²) in [6.45, 7) is 4.33. The maximum atomic E-state index is 12.6. The van der Waals surface area contributed by atoms with E-state index >= 15 is 0 Å². The molecule has 3 fully saturated rings. The number of furan rings is 1. The van der Waals surface area contributed by atoms with Crippen molar-refractivity contribution in [1.82, 2.24) is 10.2 Å².